The van der Waals surface area contributed by atoms with Gasteiger partial charge in [-0.05, 0) is 54.4 Å². The lowest BCUT2D eigenvalue weighted by atomic mass is 10.1. The molecule has 5 aromatic rings. The Hall–Kier alpha value is -3.97. The number of thioether (sulfide) groups is 1. The van der Waals surface area contributed by atoms with E-state index in [0.717, 1.165) is 33.3 Å². The molecule has 0 saturated carbocycles. The molecule has 5 rings (SSSR count). The zero-order chi connectivity index (χ0) is 24.0. The Balaban J connectivity index is 1.27. The largest absolute Gasteiger partial charge is 0.346 e. The van der Waals surface area contributed by atoms with E-state index in [1.165, 1.54) is 11.1 Å². The molecule has 35 heavy (non-hydrogen) atoms. The molecule has 0 atom stereocenters. The maximum atomic E-state index is 12.5. The Bertz CT molecular complexity index is 1430. The van der Waals surface area contributed by atoms with Crippen LogP contribution in [-0.4, -0.2) is 25.4 Å². The van der Waals surface area contributed by atoms with Crippen LogP contribution in [-0.2, 0) is 18.8 Å². The van der Waals surface area contributed by atoms with Crippen LogP contribution in [0, 0.1) is 6.92 Å². The van der Waals surface area contributed by atoms with Gasteiger partial charge in [0.15, 0.2) is 10.8 Å². The van der Waals surface area contributed by atoms with Gasteiger partial charge in [-0.2, -0.15) is 0 Å². The standard InChI is InChI=1S/C28H25N5OS/c1-20-7-9-21(10-8-20)18-33-26-25(6-4-16-30-26)32-28(33)35-19-22-11-13-23(14-12-22)27(34)31-17-24-5-2-3-15-29-24/h2-16H,17-19H2,1H3,(H,31,34). The summed E-state index contributed by atoms with van der Waals surface area (Å²) >= 11 is 1.67. The monoisotopic (exact) mass is 479 g/mol. The average molecular weight is 480 g/mol. The highest BCUT2D eigenvalue weighted by Crippen LogP contribution is 2.27. The minimum Gasteiger partial charge on any atom is -0.346 e. The fourth-order valence-electron chi connectivity index (χ4n) is 3.74. The number of aryl methyl sites for hydroxylation is 1. The number of fused-ring (bicyclic) bond motifs is 1. The van der Waals surface area contributed by atoms with Crippen LogP contribution in [0.25, 0.3) is 11.2 Å². The third-order valence-electron chi connectivity index (χ3n) is 5.67. The van der Waals surface area contributed by atoms with Crippen LogP contribution in [0.3, 0.4) is 0 Å². The lowest BCUT2D eigenvalue weighted by molar-refractivity contribution is 0.0950. The van der Waals surface area contributed by atoms with Gasteiger partial charge in [0.2, 0.25) is 0 Å². The Morgan fingerprint density at radius 2 is 1.66 bits per heavy atom. The van der Waals surface area contributed by atoms with E-state index in [0.29, 0.717) is 18.7 Å². The average Bonchev–Trinajstić information content (AvgIpc) is 3.25. The van der Waals surface area contributed by atoms with Crippen LogP contribution in [0.1, 0.15) is 32.7 Å². The number of carbonyl (C=O) groups is 1. The summed E-state index contributed by atoms with van der Waals surface area (Å²) in [7, 11) is 0. The van der Waals surface area contributed by atoms with Crippen molar-refractivity contribution in [2.45, 2.75) is 30.9 Å². The quantitative estimate of drug-likeness (QED) is 0.302. The molecule has 7 heteroatoms. The summed E-state index contributed by atoms with van der Waals surface area (Å²) in [5, 5.41) is 3.84. The smallest absolute Gasteiger partial charge is 0.251 e. The maximum absolute atomic E-state index is 12.5. The van der Waals surface area contributed by atoms with Crippen LogP contribution in [0.2, 0.25) is 0 Å². The van der Waals surface area contributed by atoms with Gasteiger partial charge in [-0.15, -0.1) is 0 Å². The van der Waals surface area contributed by atoms with Crippen molar-refractivity contribution in [3.8, 4) is 0 Å². The summed E-state index contributed by atoms with van der Waals surface area (Å²) in [6.45, 7) is 3.21. The van der Waals surface area contributed by atoms with E-state index in [-0.39, 0.29) is 5.91 Å². The number of imidazole rings is 1. The predicted molar refractivity (Wildman–Crippen MR) is 139 cm³/mol. The molecule has 0 aliphatic carbocycles. The van der Waals surface area contributed by atoms with E-state index in [2.05, 4.69) is 51.0 Å². The SMILES string of the molecule is Cc1ccc(Cn2c(SCc3ccc(C(=O)NCc4ccccn4)cc3)nc3cccnc32)cc1. The molecule has 0 spiro atoms. The molecule has 3 aromatic heterocycles. The molecular formula is C28H25N5OS. The molecule has 0 bridgehead atoms. The third kappa shape index (κ3) is 5.58. The van der Waals surface area contributed by atoms with E-state index in [9.17, 15) is 4.79 Å². The number of nitrogens with one attached hydrogen (secondary N) is 1. The van der Waals surface area contributed by atoms with Gasteiger partial charge in [-0.3, -0.25) is 14.3 Å². The lowest BCUT2D eigenvalue weighted by Gasteiger charge is -2.09. The summed E-state index contributed by atoms with van der Waals surface area (Å²) < 4.78 is 2.17. The highest BCUT2D eigenvalue weighted by molar-refractivity contribution is 7.98. The molecule has 6 nitrogen and oxygen atoms in total. The molecule has 174 valence electrons. The Morgan fingerprint density at radius 1 is 0.886 bits per heavy atom. The molecule has 1 amide bonds. The van der Waals surface area contributed by atoms with Gasteiger partial charge in [0.05, 0.1) is 18.8 Å². The van der Waals surface area contributed by atoms with Gasteiger partial charge in [-0.25, -0.2) is 9.97 Å². The number of amides is 1. The van der Waals surface area contributed by atoms with Crippen LogP contribution in [0.4, 0.5) is 0 Å². The first-order chi connectivity index (χ1) is 17.2. The summed E-state index contributed by atoms with van der Waals surface area (Å²) in [6.07, 6.45) is 3.53. The first-order valence-electron chi connectivity index (χ1n) is 11.4. The molecule has 1 N–H and O–H groups in total. The Labute approximate surface area is 208 Å². The topological polar surface area (TPSA) is 72.7 Å². The van der Waals surface area contributed by atoms with Crippen LogP contribution in [0.15, 0.2) is 96.4 Å². The van der Waals surface area contributed by atoms with Crippen LogP contribution in [0.5, 0.6) is 0 Å². The number of hydrogen-bond acceptors (Lipinski definition) is 5. The number of aromatic nitrogens is 4. The van der Waals surface area contributed by atoms with E-state index < -0.39 is 0 Å². The maximum Gasteiger partial charge on any atom is 0.251 e. The second-order valence-electron chi connectivity index (χ2n) is 8.30. The number of pyridine rings is 2. The van der Waals surface area contributed by atoms with Crippen molar-refractivity contribution in [2.75, 3.05) is 0 Å². The van der Waals surface area contributed by atoms with Gasteiger partial charge < -0.3 is 5.32 Å². The lowest BCUT2D eigenvalue weighted by Crippen LogP contribution is -2.23. The summed E-state index contributed by atoms with van der Waals surface area (Å²) in [6, 6.07) is 25.8. The Kier molecular flexibility index (Phi) is 6.86. The molecule has 0 unspecified atom stereocenters. The highest BCUT2D eigenvalue weighted by Gasteiger charge is 2.13. The minimum atomic E-state index is -0.110. The summed E-state index contributed by atoms with van der Waals surface area (Å²) in [5.74, 6) is 0.633. The van der Waals surface area contributed by atoms with Crippen molar-refractivity contribution in [1.29, 1.82) is 0 Å². The van der Waals surface area contributed by atoms with Crippen molar-refractivity contribution < 1.29 is 4.79 Å². The van der Waals surface area contributed by atoms with Crippen molar-refractivity contribution in [3.05, 3.63) is 119 Å². The number of rotatable bonds is 8. The number of hydrogen-bond donors (Lipinski definition) is 1. The van der Waals surface area contributed by atoms with E-state index in [1.54, 1.807) is 18.0 Å². The molecule has 0 fully saturated rings. The van der Waals surface area contributed by atoms with Gasteiger partial charge in [-0.1, -0.05) is 59.8 Å². The summed E-state index contributed by atoms with van der Waals surface area (Å²) in [4.78, 5) is 26.1. The molecule has 0 aliphatic heterocycles. The second-order valence-corrected chi connectivity index (χ2v) is 9.24. The fourth-order valence-corrected chi connectivity index (χ4v) is 4.70. The fraction of sp³-hybridized carbons (Fsp3) is 0.143. The molecule has 0 aliphatic rings. The van der Waals surface area contributed by atoms with Gasteiger partial charge >= 0.3 is 0 Å². The molecular weight excluding hydrogens is 454 g/mol. The third-order valence-corrected chi connectivity index (χ3v) is 6.72. The number of benzene rings is 2. The van der Waals surface area contributed by atoms with Gasteiger partial charge in [0.1, 0.15) is 5.52 Å². The van der Waals surface area contributed by atoms with Gasteiger partial charge in [0, 0.05) is 23.7 Å². The molecule has 0 radical (unpaired) electrons. The predicted octanol–water partition coefficient (Wildman–Crippen LogP) is 5.41. The van der Waals surface area contributed by atoms with E-state index in [4.69, 9.17) is 4.98 Å². The molecule has 0 saturated heterocycles. The zero-order valence-electron chi connectivity index (χ0n) is 19.4. The normalized spacial score (nSPS) is 11.0. The van der Waals surface area contributed by atoms with E-state index >= 15 is 0 Å². The summed E-state index contributed by atoms with van der Waals surface area (Å²) in [5.41, 5.74) is 6.81. The van der Waals surface area contributed by atoms with Crippen LogP contribution < -0.4 is 5.32 Å². The first-order valence-corrected chi connectivity index (χ1v) is 12.4. The zero-order valence-corrected chi connectivity index (χ0v) is 20.2. The van der Waals surface area contributed by atoms with Crippen molar-refractivity contribution in [2.24, 2.45) is 0 Å². The Morgan fingerprint density at radius 3 is 2.43 bits per heavy atom. The van der Waals surface area contributed by atoms with Crippen molar-refractivity contribution in [3.63, 3.8) is 0 Å². The van der Waals surface area contributed by atoms with Gasteiger partial charge in [0.25, 0.3) is 5.91 Å². The van der Waals surface area contributed by atoms with Crippen LogP contribution >= 0.6 is 11.8 Å². The second kappa shape index (κ2) is 10.5. The van der Waals surface area contributed by atoms with Crippen molar-refractivity contribution in [1.82, 2.24) is 24.8 Å². The number of nitrogens with zero attached hydrogens (tertiary/aromatic N) is 4. The van der Waals surface area contributed by atoms with E-state index in [1.807, 2.05) is 60.8 Å². The number of carbonyl (C=O) groups excluding carboxylic acids is 1. The highest BCUT2D eigenvalue weighted by atomic mass is 32.2. The minimum absolute atomic E-state index is 0.110. The first kappa shape index (κ1) is 22.8. The van der Waals surface area contributed by atoms with Crippen molar-refractivity contribution >= 4 is 28.8 Å². The molecule has 3 heterocycles. The molecule has 2 aromatic carbocycles.